The second-order valence-corrected chi connectivity index (χ2v) is 11.5. The molecule has 2 N–H and O–H groups in total. The Bertz CT molecular complexity index is 1340. The van der Waals surface area contributed by atoms with Gasteiger partial charge in [0.2, 0.25) is 15.9 Å². The van der Waals surface area contributed by atoms with Crippen molar-refractivity contribution < 1.29 is 13.2 Å². The fourth-order valence-corrected chi connectivity index (χ4v) is 6.25. The molecule has 0 aliphatic carbocycles. The molecule has 11 heteroatoms. The minimum atomic E-state index is -3.59. The summed E-state index contributed by atoms with van der Waals surface area (Å²) in [6.07, 6.45) is 5.45. The van der Waals surface area contributed by atoms with E-state index in [4.69, 9.17) is 10.5 Å². The van der Waals surface area contributed by atoms with Crippen LogP contribution in [0, 0.1) is 35.8 Å². The molecule has 2 atom stereocenters. The second kappa shape index (κ2) is 11.7. The minimum Gasteiger partial charge on any atom is -0.352 e. The van der Waals surface area contributed by atoms with E-state index in [0.29, 0.717) is 51.1 Å². The summed E-state index contributed by atoms with van der Waals surface area (Å²) in [5, 5.41) is 21.0. The molecule has 1 unspecified atom stereocenters. The van der Waals surface area contributed by atoms with E-state index in [2.05, 4.69) is 22.4 Å². The van der Waals surface area contributed by atoms with E-state index in [-0.39, 0.29) is 23.6 Å². The Labute approximate surface area is 219 Å². The molecule has 2 aromatic carbocycles. The molecule has 2 fully saturated rings. The van der Waals surface area contributed by atoms with Gasteiger partial charge < -0.3 is 15.1 Å². The fraction of sp³-hybridized carbons (Fsp3) is 0.423. The van der Waals surface area contributed by atoms with Crippen LogP contribution in [0.5, 0.6) is 0 Å². The molecule has 9 nitrogen and oxygen atoms in total. The number of amides is 1. The van der Waals surface area contributed by atoms with Crippen LogP contribution in [0.15, 0.2) is 42.5 Å². The summed E-state index contributed by atoms with van der Waals surface area (Å²) in [7, 11) is -1.64. The Balaban J connectivity index is 1.40. The molecule has 2 aromatic rings. The molecule has 2 aliphatic rings. The predicted octanol–water partition coefficient (Wildman–Crippen LogP) is 0.0440. The molecule has 191 valence electrons. The number of carbonyl (C=O) groups excluding carboxylic acids is 1. The van der Waals surface area contributed by atoms with Gasteiger partial charge in [0.05, 0.1) is 11.7 Å². The molecular formula is C26H30BN6O3S. The predicted molar refractivity (Wildman–Crippen MR) is 141 cm³/mol. The molecule has 0 bridgehead atoms. The number of aryl methyl sites for hydroxylation is 1. The van der Waals surface area contributed by atoms with E-state index < -0.39 is 10.0 Å². The van der Waals surface area contributed by atoms with Crippen LogP contribution < -0.4 is 21.0 Å². The first-order valence-corrected chi connectivity index (χ1v) is 14.0. The van der Waals surface area contributed by atoms with Gasteiger partial charge in [-0.05, 0) is 30.9 Å². The molecular weight excluding hydrogens is 487 g/mol. The lowest BCUT2D eigenvalue weighted by Crippen LogP contribution is -2.39. The summed E-state index contributed by atoms with van der Waals surface area (Å²) in [4.78, 5) is 15.7. The molecule has 2 aliphatic heterocycles. The van der Waals surface area contributed by atoms with E-state index >= 15 is 0 Å². The van der Waals surface area contributed by atoms with Gasteiger partial charge in [0.1, 0.15) is 0 Å². The van der Waals surface area contributed by atoms with Gasteiger partial charge in [-0.1, -0.05) is 59.0 Å². The zero-order valence-electron chi connectivity index (χ0n) is 20.9. The first kappa shape index (κ1) is 26.5. The molecule has 2 saturated heterocycles. The zero-order valence-corrected chi connectivity index (χ0v) is 21.7. The van der Waals surface area contributed by atoms with Crippen molar-refractivity contribution in [3.05, 3.63) is 59.2 Å². The number of likely N-dealkylation sites (tertiary alicyclic amines) is 2. The number of hydrogen-bond acceptors (Lipinski definition) is 7. The lowest BCUT2D eigenvalue weighted by Gasteiger charge is -2.15. The standard InChI is InChI=1S/C26H30BN6O3S/c1-19-5-6-22(16-37(35,36)31-24-8-10-33(15-24)18-29)25(11-19)27-23-4-2-3-20(12-23)13-30-26(34)21-7-9-32(14-21)17-28/h2-6,11-12,21,24,31H,7-10,13-16H2,1H3,(H,30,34)/t21?,24-/m0/s1. The van der Waals surface area contributed by atoms with Crippen LogP contribution in [0.4, 0.5) is 0 Å². The van der Waals surface area contributed by atoms with Gasteiger partial charge in [0, 0.05) is 38.8 Å². The molecule has 1 radical (unpaired) electrons. The molecule has 2 heterocycles. The number of hydrogen-bond donors (Lipinski definition) is 2. The molecule has 0 aromatic heterocycles. The SMILES string of the molecule is Cc1ccc(CS(=O)(=O)N[C@H]2CCN(C#N)C2)c([B]c2cccc(CNC(=O)C3CCN(C#N)C3)c2)c1. The molecule has 1 amide bonds. The van der Waals surface area contributed by atoms with Crippen LogP contribution in [0.2, 0.25) is 0 Å². The largest absolute Gasteiger partial charge is 0.352 e. The maximum Gasteiger partial charge on any atom is 0.225 e. The number of nitriles is 2. The number of sulfonamides is 1. The average molecular weight is 517 g/mol. The summed E-state index contributed by atoms with van der Waals surface area (Å²) >= 11 is 0. The van der Waals surface area contributed by atoms with Crippen molar-refractivity contribution in [1.82, 2.24) is 19.8 Å². The maximum atomic E-state index is 12.9. The van der Waals surface area contributed by atoms with Crippen molar-refractivity contribution in [1.29, 1.82) is 10.5 Å². The van der Waals surface area contributed by atoms with Gasteiger partial charge in [-0.15, -0.1) is 0 Å². The first-order valence-electron chi connectivity index (χ1n) is 12.3. The van der Waals surface area contributed by atoms with Gasteiger partial charge in [-0.3, -0.25) is 4.79 Å². The highest BCUT2D eigenvalue weighted by Crippen LogP contribution is 2.15. The van der Waals surface area contributed by atoms with Crippen LogP contribution in [0.1, 0.15) is 29.5 Å². The van der Waals surface area contributed by atoms with Crippen LogP contribution in [0.25, 0.3) is 0 Å². The number of rotatable bonds is 9. The topological polar surface area (TPSA) is 129 Å². The smallest absolute Gasteiger partial charge is 0.225 e. The summed E-state index contributed by atoms with van der Waals surface area (Å²) in [5.41, 5.74) is 4.37. The zero-order chi connectivity index (χ0) is 26.4. The summed E-state index contributed by atoms with van der Waals surface area (Å²) in [5.74, 6) is -0.378. The van der Waals surface area contributed by atoms with E-state index in [9.17, 15) is 13.2 Å². The monoisotopic (exact) mass is 517 g/mol. The Morgan fingerprint density at radius 3 is 2.57 bits per heavy atom. The Morgan fingerprint density at radius 2 is 1.84 bits per heavy atom. The Hall–Kier alpha value is -3.54. The molecule has 4 rings (SSSR count). The van der Waals surface area contributed by atoms with Crippen LogP contribution in [0.3, 0.4) is 0 Å². The Morgan fingerprint density at radius 1 is 1.08 bits per heavy atom. The molecule has 37 heavy (non-hydrogen) atoms. The lowest BCUT2D eigenvalue weighted by molar-refractivity contribution is -0.124. The van der Waals surface area contributed by atoms with E-state index in [0.717, 1.165) is 22.1 Å². The van der Waals surface area contributed by atoms with Gasteiger partial charge in [-0.25, -0.2) is 13.1 Å². The van der Waals surface area contributed by atoms with E-state index in [1.165, 1.54) is 0 Å². The number of nitrogens with zero attached hydrogens (tertiary/aromatic N) is 4. The van der Waals surface area contributed by atoms with Gasteiger partial charge >= 0.3 is 0 Å². The van der Waals surface area contributed by atoms with Crippen LogP contribution >= 0.6 is 0 Å². The lowest BCUT2D eigenvalue weighted by atomic mass is 9.62. The number of nitrogens with one attached hydrogen (secondary N) is 2. The van der Waals surface area contributed by atoms with Crippen molar-refractivity contribution in [2.75, 3.05) is 26.2 Å². The van der Waals surface area contributed by atoms with E-state index in [1.54, 1.807) is 9.80 Å². The van der Waals surface area contributed by atoms with Crippen LogP contribution in [-0.2, 0) is 27.1 Å². The highest BCUT2D eigenvalue weighted by atomic mass is 32.2. The Kier molecular flexibility index (Phi) is 8.37. The average Bonchev–Trinajstić information content (AvgIpc) is 3.53. The third-order valence-corrected chi connectivity index (χ3v) is 8.15. The van der Waals surface area contributed by atoms with Crippen molar-refractivity contribution in [2.24, 2.45) is 5.92 Å². The quantitative estimate of drug-likeness (QED) is 0.355. The fourth-order valence-electron chi connectivity index (χ4n) is 4.80. The van der Waals surface area contributed by atoms with Crippen molar-refractivity contribution in [3.63, 3.8) is 0 Å². The summed E-state index contributed by atoms with van der Waals surface area (Å²) < 4.78 is 28.6. The summed E-state index contributed by atoms with van der Waals surface area (Å²) in [6, 6.07) is 13.2. The van der Waals surface area contributed by atoms with Crippen molar-refractivity contribution in [2.45, 2.75) is 38.1 Å². The van der Waals surface area contributed by atoms with Crippen molar-refractivity contribution >= 4 is 34.1 Å². The summed E-state index contributed by atoms with van der Waals surface area (Å²) in [6.45, 7) is 4.37. The highest BCUT2D eigenvalue weighted by molar-refractivity contribution is 7.88. The second-order valence-electron chi connectivity index (χ2n) is 9.75. The third-order valence-electron chi connectivity index (χ3n) is 6.76. The van der Waals surface area contributed by atoms with Crippen molar-refractivity contribution in [3.8, 4) is 12.4 Å². The first-order chi connectivity index (χ1) is 17.7. The van der Waals surface area contributed by atoms with Gasteiger partial charge in [-0.2, -0.15) is 10.5 Å². The number of carbonyl (C=O) groups is 1. The van der Waals surface area contributed by atoms with E-state index in [1.807, 2.05) is 56.7 Å². The highest BCUT2D eigenvalue weighted by Gasteiger charge is 2.28. The van der Waals surface area contributed by atoms with Gasteiger partial charge in [0.15, 0.2) is 19.7 Å². The number of benzene rings is 2. The third kappa shape index (κ3) is 7.25. The van der Waals surface area contributed by atoms with Crippen LogP contribution in [-0.4, -0.2) is 63.6 Å². The minimum absolute atomic E-state index is 0.0500. The maximum absolute atomic E-state index is 12.9. The normalized spacial score (nSPS) is 19.3. The molecule has 0 saturated carbocycles. The van der Waals surface area contributed by atoms with Gasteiger partial charge in [0.25, 0.3) is 0 Å². The molecule has 0 spiro atoms.